The number of fused-ring (bicyclic) bond motifs is 1. The fourth-order valence-corrected chi connectivity index (χ4v) is 3.55. The van der Waals surface area contributed by atoms with Gasteiger partial charge in [0, 0.05) is 37.7 Å². The number of hydrogen-bond acceptors (Lipinski definition) is 6. The minimum Gasteiger partial charge on any atom is -0.472 e. The SMILES string of the molecule is CC(C)CC#Cc1cnc2c(c1)C(=O)N([C@H](C)CO)C[C@@H](C)[C@@H](CN(C)S(C)(=O)=O)O2. The number of ether oxygens (including phenoxy) is 1. The predicted molar refractivity (Wildman–Crippen MR) is 119 cm³/mol. The third-order valence-electron chi connectivity index (χ3n) is 5.27. The van der Waals surface area contributed by atoms with Crippen molar-refractivity contribution in [2.75, 3.05) is 33.0 Å². The molecule has 0 fully saturated rings. The number of sulfonamides is 1. The van der Waals surface area contributed by atoms with E-state index in [1.165, 1.54) is 11.4 Å². The molecule has 3 atom stereocenters. The van der Waals surface area contributed by atoms with Crippen LogP contribution in [0.15, 0.2) is 12.3 Å². The highest BCUT2D eigenvalue weighted by Gasteiger charge is 2.35. The Balaban J connectivity index is 2.48. The Hall–Kier alpha value is -2.15. The molecule has 1 aromatic rings. The summed E-state index contributed by atoms with van der Waals surface area (Å²) >= 11 is 0. The van der Waals surface area contributed by atoms with E-state index in [1.807, 2.05) is 6.92 Å². The molecule has 172 valence electrons. The van der Waals surface area contributed by atoms with Crippen LogP contribution in [0.25, 0.3) is 0 Å². The maximum Gasteiger partial charge on any atom is 0.259 e. The zero-order chi connectivity index (χ0) is 23.3. The van der Waals surface area contributed by atoms with Crippen LogP contribution in [-0.2, 0) is 10.0 Å². The van der Waals surface area contributed by atoms with Crippen LogP contribution in [0.1, 0.15) is 50.0 Å². The second-order valence-corrected chi connectivity index (χ2v) is 10.7. The topological polar surface area (TPSA) is 100 Å². The van der Waals surface area contributed by atoms with Gasteiger partial charge in [0.25, 0.3) is 5.91 Å². The van der Waals surface area contributed by atoms with Crippen molar-refractivity contribution in [1.82, 2.24) is 14.2 Å². The zero-order valence-electron chi connectivity index (χ0n) is 19.1. The second-order valence-electron chi connectivity index (χ2n) is 8.64. The fraction of sp³-hybridized carbons (Fsp3) is 0.636. The number of rotatable bonds is 6. The Kier molecular flexibility index (Phi) is 8.46. The zero-order valence-corrected chi connectivity index (χ0v) is 19.9. The van der Waals surface area contributed by atoms with E-state index >= 15 is 0 Å². The van der Waals surface area contributed by atoms with Gasteiger partial charge in [-0.3, -0.25) is 4.79 Å². The van der Waals surface area contributed by atoms with Crippen molar-refractivity contribution in [1.29, 1.82) is 0 Å². The van der Waals surface area contributed by atoms with Gasteiger partial charge in [-0.1, -0.05) is 32.6 Å². The summed E-state index contributed by atoms with van der Waals surface area (Å²) in [6, 6.07) is 1.24. The number of nitrogens with zero attached hydrogens (tertiary/aromatic N) is 3. The van der Waals surface area contributed by atoms with E-state index in [4.69, 9.17) is 4.74 Å². The number of likely N-dealkylation sites (N-methyl/N-ethyl adjacent to an activating group) is 1. The molecule has 0 unspecified atom stereocenters. The lowest BCUT2D eigenvalue weighted by atomic mass is 10.00. The van der Waals surface area contributed by atoms with E-state index < -0.39 is 22.2 Å². The number of aliphatic hydroxyl groups excluding tert-OH is 1. The maximum absolute atomic E-state index is 13.3. The number of carbonyl (C=O) groups is 1. The van der Waals surface area contributed by atoms with E-state index in [-0.39, 0.29) is 36.4 Å². The van der Waals surface area contributed by atoms with Gasteiger partial charge in [-0.25, -0.2) is 17.7 Å². The molecule has 1 aliphatic rings. The number of hydrogen-bond donors (Lipinski definition) is 1. The van der Waals surface area contributed by atoms with Gasteiger partial charge in [0.1, 0.15) is 11.7 Å². The Morgan fingerprint density at radius 1 is 1.39 bits per heavy atom. The molecule has 0 saturated heterocycles. The summed E-state index contributed by atoms with van der Waals surface area (Å²) in [5.41, 5.74) is 0.863. The van der Waals surface area contributed by atoms with Gasteiger partial charge >= 0.3 is 0 Å². The van der Waals surface area contributed by atoms with E-state index in [1.54, 1.807) is 24.1 Å². The highest BCUT2D eigenvalue weighted by atomic mass is 32.2. The molecular formula is C22H33N3O5S. The number of carbonyl (C=O) groups excluding carboxylic acids is 1. The third-order valence-corrected chi connectivity index (χ3v) is 6.55. The van der Waals surface area contributed by atoms with Gasteiger partial charge in [-0.15, -0.1) is 0 Å². The molecule has 0 bridgehead atoms. The molecule has 1 N–H and O–H groups in total. The number of aliphatic hydroxyl groups is 1. The van der Waals surface area contributed by atoms with Crippen LogP contribution in [0.2, 0.25) is 0 Å². The number of aromatic nitrogens is 1. The Morgan fingerprint density at radius 2 is 2.06 bits per heavy atom. The van der Waals surface area contributed by atoms with Crippen LogP contribution < -0.4 is 4.74 Å². The Labute approximate surface area is 185 Å². The molecule has 9 heteroatoms. The third kappa shape index (κ3) is 6.66. The van der Waals surface area contributed by atoms with Gasteiger partial charge in [0.15, 0.2) is 0 Å². The smallest absolute Gasteiger partial charge is 0.259 e. The first-order chi connectivity index (χ1) is 14.4. The average molecular weight is 452 g/mol. The van der Waals surface area contributed by atoms with Gasteiger partial charge in [-0.2, -0.15) is 0 Å². The molecule has 0 aliphatic carbocycles. The van der Waals surface area contributed by atoms with Crippen LogP contribution >= 0.6 is 0 Å². The first-order valence-corrected chi connectivity index (χ1v) is 12.3. The molecule has 2 rings (SSSR count). The number of amides is 1. The van der Waals surface area contributed by atoms with E-state index in [2.05, 4.69) is 30.7 Å². The second kappa shape index (κ2) is 10.4. The summed E-state index contributed by atoms with van der Waals surface area (Å²) < 4.78 is 31.1. The molecule has 1 aromatic heterocycles. The summed E-state index contributed by atoms with van der Waals surface area (Å²) in [4.78, 5) is 19.2. The quantitative estimate of drug-likeness (QED) is 0.660. The first kappa shape index (κ1) is 25.1. The minimum absolute atomic E-state index is 0.118. The van der Waals surface area contributed by atoms with Crippen molar-refractivity contribution in [3.05, 3.63) is 23.4 Å². The van der Waals surface area contributed by atoms with Gasteiger partial charge in [0.2, 0.25) is 15.9 Å². The summed E-state index contributed by atoms with van der Waals surface area (Å²) in [6.07, 6.45) is 2.90. The molecule has 2 heterocycles. The van der Waals surface area contributed by atoms with Gasteiger partial charge in [0.05, 0.1) is 25.4 Å². The van der Waals surface area contributed by atoms with Crippen LogP contribution in [-0.4, -0.2) is 78.8 Å². The lowest BCUT2D eigenvalue weighted by molar-refractivity contribution is 0.0373. The lowest BCUT2D eigenvalue weighted by Gasteiger charge is -2.37. The van der Waals surface area contributed by atoms with Crippen LogP contribution in [0.3, 0.4) is 0 Å². The molecule has 0 saturated carbocycles. The summed E-state index contributed by atoms with van der Waals surface area (Å²) in [7, 11) is -1.91. The van der Waals surface area contributed by atoms with Crippen molar-refractivity contribution in [2.45, 2.75) is 46.3 Å². The van der Waals surface area contributed by atoms with Gasteiger partial charge < -0.3 is 14.7 Å². The van der Waals surface area contributed by atoms with E-state index in [0.29, 0.717) is 18.0 Å². The molecule has 0 radical (unpaired) electrons. The van der Waals surface area contributed by atoms with E-state index in [9.17, 15) is 18.3 Å². The minimum atomic E-state index is -3.40. The maximum atomic E-state index is 13.3. The predicted octanol–water partition coefficient (Wildman–Crippen LogP) is 1.59. The highest BCUT2D eigenvalue weighted by Crippen LogP contribution is 2.27. The van der Waals surface area contributed by atoms with Crippen LogP contribution in [0, 0.1) is 23.7 Å². The molecule has 31 heavy (non-hydrogen) atoms. The largest absolute Gasteiger partial charge is 0.472 e. The fourth-order valence-electron chi connectivity index (χ4n) is 3.13. The molecular weight excluding hydrogens is 418 g/mol. The van der Waals surface area contributed by atoms with Crippen molar-refractivity contribution >= 4 is 15.9 Å². The number of pyridine rings is 1. The van der Waals surface area contributed by atoms with E-state index in [0.717, 1.165) is 12.7 Å². The first-order valence-electron chi connectivity index (χ1n) is 10.4. The molecule has 0 aromatic carbocycles. The summed E-state index contributed by atoms with van der Waals surface area (Å²) in [5, 5.41) is 9.69. The normalized spacial score (nSPS) is 20.4. The summed E-state index contributed by atoms with van der Waals surface area (Å²) in [6.45, 7) is 8.05. The Bertz CT molecular complexity index is 952. The lowest BCUT2D eigenvalue weighted by Crippen LogP contribution is -2.50. The van der Waals surface area contributed by atoms with Crippen LogP contribution in [0.4, 0.5) is 0 Å². The molecule has 8 nitrogen and oxygen atoms in total. The monoisotopic (exact) mass is 451 g/mol. The molecule has 1 amide bonds. The standard InChI is InChI=1S/C22H33N3O5S/c1-15(2)8-7-9-18-10-19-21(23-11-18)30-20(13-24(5)31(6,28)29)16(3)12-25(22(19)27)17(4)14-26/h10-11,15-17,20,26H,8,12-14H2,1-6H3/t16-,17-,20-/m1/s1. The molecule has 1 aliphatic heterocycles. The average Bonchev–Trinajstić information content (AvgIpc) is 2.69. The van der Waals surface area contributed by atoms with Crippen molar-refractivity contribution in [2.24, 2.45) is 11.8 Å². The van der Waals surface area contributed by atoms with Crippen molar-refractivity contribution in [3.8, 4) is 17.7 Å². The van der Waals surface area contributed by atoms with Crippen LogP contribution in [0.5, 0.6) is 5.88 Å². The Morgan fingerprint density at radius 3 is 2.65 bits per heavy atom. The van der Waals surface area contributed by atoms with Crippen molar-refractivity contribution in [3.63, 3.8) is 0 Å². The highest BCUT2D eigenvalue weighted by molar-refractivity contribution is 7.88. The summed E-state index contributed by atoms with van der Waals surface area (Å²) in [5.74, 6) is 6.22. The van der Waals surface area contributed by atoms with Crippen molar-refractivity contribution < 1.29 is 23.1 Å². The molecule has 0 spiro atoms. The van der Waals surface area contributed by atoms with Gasteiger partial charge in [-0.05, 0) is 18.9 Å².